The first-order valence-electron chi connectivity index (χ1n) is 10.1. The van der Waals surface area contributed by atoms with Crippen LogP contribution in [0.4, 0.5) is 4.79 Å². The van der Waals surface area contributed by atoms with Gasteiger partial charge in [0.05, 0.1) is 12.6 Å². The van der Waals surface area contributed by atoms with Crippen molar-refractivity contribution in [1.29, 1.82) is 0 Å². The lowest BCUT2D eigenvalue weighted by Gasteiger charge is -2.36. The molecule has 6 nitrogen and oxygen atoms in total. The summed E-state index contributed by atoms with van der Waals surface area (Å²) in [7, 11) is 0. The van der Waals surface area contributed by atoms with Gasteiger partial charge in [0.15, 0.2) is 0 Å². The minimum absolute atomic E-state index is 0.00641. The van der Waals surface area contributed by atoms with E-state index in [1.807, 2.05) is 34.6 Å². The third-order valence-corrected chi connectivity index (χ3v) is 5.73. The Bertz CT molecular complexity index is 509. The average Bonchev–Trinajstić information content (AvgIpc) is 3.25. The standard InChI is InChI=1S/C20H35NO5/c1-19(2,3)26-18(23)21-14(11-13-9-7-6-8-10-13)16(25-20(21,4)5)17-15(12-22)24-17/h13-17,22H,6-12H2,1-5H3/t14-,15?,16+,17?/m0/s1. The molecule has 6 heteroatoms. The van der Waals surface area contributed by atoms with E-state index in [0.717, 1.165) is 6.42 Å². The second-order valence-corrected chi connectivity index (χ2v) is 9.51. The number of carbonyl (C=O) groups excluding carboxylic acids is 1. The highest BCUT2D eigenvalue weighted by Gasteiger charge is 2.59. The summed E-state index contributed by atoms with van der Waals surface area (Å²) in [6.07, 6.45) is 6.30. The van der Waals surface area contributed by atoms with Crippen LogP contribution < -0.4 is 0 Å². The van der Waals surface area contributed by atoms with Crippen molar-refractivity contribution in [3.8, 4) is 0 Å². The number of ether oxygens (including phenoxy) is 3. The van der Waals surface area contributed by atoms with Crippen LogP contribution in [0.3, 0.4) is 0 Å². The molecule has 4 atom stereocenters. The topological polar surface area (TPSA) is 71.5 Å². The van der Waals surface area contributed by atoms with Gasteiger partial charge in [-0.2, -0.15) is 0 Å². The van der Waals surface area contributed by atoms with Gasteiger partial charge in [-0.05, 0) is 47.0 Å². The van der Waals surface area contributed by atoms with Crippen molar-refractivity contribution in [2.24, 2.45) is 5.92 Å². The molecule has 3 aliphatic rings. The molecule has 0 aromatic rings. The van der Waals surface area contributed by atoms with E-state index in [1.165, 1.54) is 32.1 Å². The Hall–Kier alpha value is -0.850. The van der Waals surface area contributed by atoms with Crippen LogP contribution in [0.2, 0.25) is 0 Å². The van der Waals surface area contributed by atoms with Crippen molar-refractivity contribution in [1.82, 2.24) is 4.90 Å². The summed E-state index contributed by atoms with van der Waals surface area (Å²) >= 11 is 0. The zero-order valence-electron chi connectivity index (χ0n) is 16.9. The van der Waals surface area contributed by atoms with Gasteiger partial charge in [0.25, 0.3) is 0 Å². The molecule has 2 unspecified atom stereocenters. The number of amides is 1. The van der Waals surface area contributed by atoms with Crippen molar-refractivity contribution in [3.05, 3.63) is 0 Å². The summed E-state index contributed by atoms with van der Waals surface area (Å²) in [5.41, 5.74) is -1.30. The van der Waals surface area contributed by atoms with E-state index in [9.17, 15) is 9.90 Å². The van der Waals surface area contributed by atoms with Crippen molar-refractivity contribution >= 4 is 6.09 Å². The molecule has 2 heterocycles. The molecule has 3 rings (SSSR count). The molecule has 26 heavy (non-hydrogen) atoms. The van der Waals surface area contributed by atoms with E-state index in [0.29, 0.717) is 5.92 Å². The molecule has 1 N–H and O–H groups in total. The molecule has 0 bridgehead atoms. The minimum Gasteiger partial charge on any atom is -0.444 e. The Balaban J connectivity index is 1.81. The lowest BCUT2D eigenvalue weighted by molar-refractivity contribution is -0.0827. The van der Waals surface area contributed by atoms with Gasteiger partial charge in [-0.15, -0.1) is 0 Å². The zero-order chi connectivity index (χ0) is 19.1. The molecule has 0 radical (unpaired) electrons. The summed E-state index contributed by atoms with van der Waals surface area (Å²) in [4.78, 5) is 14.8. The lowest BCUT2D eigenvalue weighted by Crippen LogP contribution is -2.51. The maximum absolute atomic E-state index is 13.0. The Morgan fingerprint density at radius 3 is 2.38 bits per heavy atom. The van der Waals surface area contributed by atoms with Crippen LogP contribution in [0, 0.1) is 5.92 Å². The molecular weight excluding hydrogens is 334 g/mol. The highest BCUT2D eigenvalue weighted by atomic mass is 16.6. The fourth-order valence-electron chi connectivity index (χ4n) is 4.56. The number of carbonyl (C=O) groups is 1. The number of aliphatic hydroxyl groups is 1. The normalized spacial score (nSPS) is 34.8. The summed E-state index contributed by atoms with van der Waals surface area (Å²) in [6, 6.07) is -0.0792. The third kappa shape index (κ3) is 4.34. The van der Waals surface area contributed by atoms with Gasteiger partial charge in [-0.25, -0.2) is 4.79 Å². The first-order chi connectivity index (χ1) is 12.1. The molecule has 0 aromatic carbocycles. The van der Waals surface area contributed by atoms with E-state index < -0.39 is 11.3 Å². The minimum atomic E-state index is -0.752. The van der Waals surface area contributed by atoms with Gasteiger partial charge in [-0.1, -0.05) is 32.1 Å². The number of nitrogens with zero attached hydrogens (tertiary/aromatic N) is 1. The molecule has 1 aliphatic carbocycles. The molecule has 150 valence electrons. The third-order valence-electron chi connectivity index (χ3n) is 5.73. The summed E-state index contributed by atoms with van der Waals surface area (Å²) in [6.45, 7) is 9.48. The Kier molecular flexibility index (Phi) is 5.58. The number of hydrogen-bond acceptors (Lipinski definition) is 5. The second kappa shape index (κ2) is 7.28. The largest absolute Gasteiger partial charge is 0.444 e. The van der Waals surface area contributed by atoms with Crippen molar-refractivity contribution in [2.45, 2.75) is 109 Å². The molecule has 3 fully saturated rings. The Morgan fingerprint density at radius 1 is 1.19 bits per heavy atom. The van der Waals surface area contributed by atoms with Crippen LogP contribution in [0.1, 0.15) is 73.1 Å². The number of rotatable bonds is 4. The van der Waals surface area contributed by atoms with Crippen LogP contribution >= 0.6 is 0 Å². The van der Waals surface area contributed by atoms with E-state index in [-0.39, 0.29) is 37.1 Å². The lowest BCUT2D eigenvalue weighted by atomic mass is 9.83. The van der Waals surface area contributed by atoms with E-state index in [1.54, 1.807) is 4.90 Å². The average molecular weight is 370 g/mol. The quantitative estimate of drug-likeness (QED) is 0.769. The molecular formula is C20H35NO5. The van der Waals surface area contributed by atoms with E-state index in [2.05, 4.69) is 0 Å². The molecule has 2 saturated heterocycles. The van der Waals surface area contributed by atoms with Gasteiger partial charge in [0.1, 0.15) is 29.6 Å². The van der Waals surface area contributed by atoms with Gasteiger partial charge in [0, 0.05) is 0 Å². The van der Waals surface area contributed by atoms with Gasteiger partial charge < -0.3 is 19.3 Å². The summed E-state index contributed by atoms with van der Waals surface area (Å²) < 4.78 is 17.6. The van der Waals surface area contributed by atoms with Crippen LogP contribution in [0.5, 0.6) is 0 Å². The first-order valence-corrected chi connectivity index (χ1v) is 10.1. The molecule has 1 saturated carbocycles. The highest BCUT2D eigenvalue weighted by Crippen LogP contribution is 2.44. The van der Waals surface area contributed by atoms with Crippen molar-refractivity contribution in [2.75, 3.05) is 6.61 Å². The fourth-order valence-corrected chi connectivity index (χ4v) is 4.56. The van der Waals surface area contributed by atoms with Crippen molar-refractivity contribution < 1.29 is 24.1 Å². The zero-order valence-corrected chi connectivity index (χ0v) is 16.9. The molecule has 2 aliphatic heterocycles. The van der Waals surface area contributed by atoms with Gasteiger partial charge in [0.2, 0.25) is 0 Å². The second-order valence-electron chi connectivity index (χ2n) is 9.51. The highest BCUT2D eigenvalue weighted by molar-refractivity contribution is 5.70. The maximum atomic E-state index is 13.0. The smallest absolute Gasteiger partial charge is 0.412 e. The van der Waals surface area contributed by atoms with Crippen LogP contribution in [-0.2, 0) is 14.2 Å². The first kappa shape index (κ1) is 19.9. The fraction of sp³-hybridized carbons (Fsp3) is 0.950. The van der Waals surface area contributed by atoms with E-state index >= 15 is 0 Å². The van der Waals surface area contributed by atoms with Gasteiger partial charge in [-0.3, -0.25) is 4.90 Å². The predicted octanol–water partition coefficient (Wildman–Crippen LogP) is 3.46. The van der Waals surface area contributed by atoms with Crippen LogP contribution in [0.25, 0.3) is 0 Å². The Labute approximate surface area is 157 Å². The number of aliphatic hydroxyl groups excluding tert-OH is 1. The molecule has 0 aromatic heterocycles. The Morgan fingerprint density at radius 2 is 1.85 bits per heavy atom. The maximum Gasteiger partial charge on any atom is 0.412 e. The van der Waals surface area contributed by atoms with Gasteiger partial charge >= 0.3 is 6.09 Å². The summed E-state index contributed by atoms with van der Waals surface area (Å²) in [5.74, 6) is 0.602. The molecule has 1 amide bonds. The number of epoxide rings is 1. The summed E-state index contributed by atoms with van der Waals surface area (Å²) in [5, 5.41) is 9.42. The van der Waals surface area contributed by atoms with Crippen LogP contribution in [-0.4, -0.2) is 58.4 Å². The SMILES string of the molecule is CC(C)(C)OC(=O)N1[C@@H](CC2CCCCC2)[C@H](C2OC2CO)OC1(C)C. The monoisotopic (exact) mass is 369 g/mol. The number of hydrogen-bond donors (Lipinski definition) is 1. The van der Waals surface area contributed by atoms with E-state index in [4.69, 9.17) is 14.2 Å². The predicted molar refractivity (Wildman–Crippen MR) is 97.8 cm³/mol. The van der Waals surface area contributed by atoms with Crippen LogP contribution in [0.15, 0.2) is 0 Å². The molecule has 0 spiro atoms. The van der Waals surface area contributed by atoms with Crippen molar-refractivity contribution in [3.63, 3.8) is 0 Å².